The van der Waals surface area contributed by atoms with Gasteiger partial charge in [-0.3, -0.25) is 20.2 Å². The third kappa shape index (κ3) is 3.52. The van der Waals surface area contributed by atoms with E-state index < -0.39 is 27.2 Å². The van der Waals surface area contributed by atoms with E-state index in [1.807, 2.05) is 0 Å². The van der Waals surface area contributed by atoms with Crippen molar-refractivity contribution in [2.75, 3.05) is 0 Å². The molecule has 0 spiro atoms. The first-order valence-corrected chi connectivity index (χ1v) is 9.65. The van der Waals surface area contributed by atoms with Crippen LogP contribution in [0.25, 0.3) is 16.2 Å². The van der Waals surface area contributed by atoms with E-state index in [1.54, 1.807) is 18.2 Å². The molecule has 0 aliphatic carbocycles. The Morgan fingerprint density at radius 3 is 2.53 bits per heavy atom. The standard InChI is InChI=1S/C18H7Cl2N3O6S/c19-9-2-4-11-14(6-9)30-16(15(11)20)17-21-12(18(24)29-17)5-8-1-3-10(22(25)26)7-13(8)23(27)28/h1-7H/b12-5+. The lowest BCUT2D eigenvalue weighted by Gasteiger charge is -1.98. The normalized spacial score (nSPS) is 14.8. The minimum absolute atomic E-state index is 0.0308. The van der Waals surface area contributed by atoms with E-state index in [0.29, 0.717) is 20.3 Å². The number of benzene rings is 2. The fourth-order valence-electron chi connectivity index (χ4n) is 2.76. The molecule has 4 rings (SSSR count). The first kappa shape index (κ1) is 20.0. The molecular weight excluding hydrogens is 457 g/mol. The van der Waals surface area contributed by atoms with E-state index in [1.165, 1.54) is 17.4 Å². The van der Waals surface area contributed by atoms with Crippen molar-refractivity contribution in [2.45, 2.75) is 0 Å². The highest BCUT2D eigenvalue weighted by molar-refractivity contribution is 7.21. The van der Waals surface area contributed by atoms with Gasteiger partial charge in [-0.05, 0) is 24.3 Å². The predicted molar refractivity (Wildman–Crippen MR) is 112 cm³/mol. The van der Waals surface area contributed by atoms with Crippen LogP contribution < -0.4 is 0 Å². The molecule has 0 saturated carbocycles. The number of thiophene rings is 1. The number of nitro benzene ring substituents is 2. The fourth-order valence-corrected chi connectivity index (χ4v) is 4.47. The number of fused-ring (bicyclic) bond motifs is 1. The quantitative estimate of drug-likeness (QED) is 0.221. The third-order valence-corrected chi connectivity index (χ3v) is 6.00. The Morgan fingerprint density at radius 1 is 1.07 bits per heavy atom. The zero-order valence-electron chi connectivity index (χ0n) is 14.5. The largest absolute Gasteiger partial charge is 0.401 e. The molecule has 2 heterocycles. The van der Waals surface area contributed by atoms with Gasteiger partial charge in [0, 0.05) is 21.2 Å². The number of nitro groups is 2. The molecule has 1 aromatic heterocycles. The summed E-state index contributed by atoms with van der Waals surface area (Å²) in [6, 6.07) is 8.19. The maximum absolute atomic E-state index is 12.3. The minimum atomic E-state index is -0.829. The Kier molecular flexibility index (Phi) is 4.98. The van der Waals surface area contributed by atoms with Gasteiger partial charge < -0.3 is 4.74 Å². The van der Waals surface area contributed by atoms with Crippen LogP contribution in [-0.4, -0.2) is 21.7 Å². The lowest BCUT2D eigenvalue weighted by atomic mass is 10.1. The van der Waals surface area contributed by atoms with Gasteiger partial charge in [0.2, 0.25) is 5.90 Å². The van der Waals surface area contributed by atoms with E-state index >= 15 is 0 Å². The molecule has 150 valence electrons. The zero-order chi connectivity index (χ0) is 21.6. The number of esters is 1. The molecule has 9 nitrogen and oxygen atoms in total. The first-order valence-electron chi connectivity index (χ1n) is 8.08. The van der Waals surface area contributed by atoms with Crippen molar-refractivity contribution >= 4 is 73.9 Å². The molecule has 0 unspecified atom stereocenters. The van der Waals surface area contributed by atoms with Gasteiger partial charge in [0.05, 0.1) is 26.5 Å². The number of hydrogen-bond donors (Lipinski definition) is 0. The van der Waals surface area contributed by atoms with Gasteiger partial charge in [-0.15, -0.1) is 11.3 Å². The number of rotatable bonds is 4. The van der Waals surface area contributed by atoms with Crippen LogP contribution in [0.15, 0.2) is 47.1 Å². The van der Waals surface area contributed by atoms with Crippen LogP contribution in [-0.2, 0) is 9.53 Å². The molecular formula is C18H7Cl2N3O6S. The number of carbonyl (C=O) groups excluding carboxylic acids is 1. The van der Waals surface area contributed by atoms with Gasteiger partial charge in [-0.25, -0.2) is 9.79 Å². The van der Waals surface area contributed by atoms with Crippen LogP contribution >= 0.6 is 34.5 Å². The maximum Gasteiger partial charge on any atom is 0.363 e. The summed E-state index contributed by atoms with van der Waals surface area (Å²) >= 11 is 13.6. The lowest BCUT2D eigenvalue weighted by Crippen LogP contribution is -2.04. The van der Waals surface area contributed by atoms with Crippen molar-refractivity contribution in [1.82, 2.24) is 0 Å². The number of nitrogens with zero attached hydrogens (tertiary/aromatic N) is 3. The highest BCUT2D eigenvalue weighted by atomic mass is 35.5. The van der Waals surface area contributed by atoms with Crippen molar-refractivity contribution in [3.05, 3.63) is 82.8 Å². The van der Waals surface area contributed by atoms with Gasteiger partial charge in [0.15, 0.2) is 5.70 Å². The molecule has 3 aromatic rings. The monoisotopic (exact) mass is 463 g/mol. The van der Waals surface area contributed by atoms with Gasteiger partial charge >= 0.3 is 5.97 Å². The molecule has 30 heavy (non-hydrogen) atoms. The average molecular weight is 464 g/mol. The Labute approximate surface area is 181 Å². The summed E-state index contributed by atoms with van der Waals surface area (Å²) in [6.07, 6.45) is 1.13. The predicted octanol–water partition coefficient (Wildman–Crippen LogP) is 5.37. The SMILES string of the molecule is O=C1OC(c2sc3cc(Cl)ccc3c2Cl)=N/C1=C/c1ccc([N+](=O)[O-])cc1[N+](=O)[O-]. The average Bonchev–Trinajstić information content (AvgIpc) is 3.21. The molecule has 0 bridgehead atoms. The summed E-state index contributed by atoms with van der Waals surface area (Å²) in [5.74, 6) is -0.873. The molecule has 0 N–H and O–H groups in total. The van der Waals surface area contributed by atoms with Crippen molar-refractivity contribution in [1.29, 1.82) is 0 Å². The summed E-state index contributed by atoms with van der Waals surface area (Å²) in [5, 5.41) is 23.7. The van der Waals surface area contributed by atoms with Crippen LogP contribution in [0, 0.1) is 20.2 Å². The minimum Gasteiger partial charge on any atom is -0.401 e. The van der Waals surface area contributed by atoms with E-state index in [-0.39, 0.29) is 17.2 Å². The van der Waals surface area contributed by atoms with Crippen molar-refractivity contribution < 1.29 is 19.4 Å². The summed E-state index contributed by atoms with van der Waals surface area (Å²) < 4.78 is 5.96. The lowest BCUT2D eigenvalue weighted by molar-refractivity contribution is -0.394. The summed E-state index contributed by atoms with van der Waals surface area (Å²) in [4.78, 5) is 37.4. The number of aliphatic imine (C=N–C) groups is 1. The summed E-state index contributed by atoms with van der Waals surface area (Å²) in [5.41, 5.74) is -1.22. The van der Waals surface area contributed by atoms with Crippen LogP contribution in [0.4, 0.5) is 11.4 Å². The number of halogens is 2. The second-order valence-electron chi connectivity index (χ2n) is 5.98. The number of carbonyl (C=O) groups is 1. The molecule has 0 radical (unpaired) electrons. The second kappa shape index (κ2) is 7.48. The molecule has 12 heteroatoms. The maximum atomic E-state index is 12.3. The first-order chi connectivity index (χ1) is 14.2. The third-order valence-electron chi connectivity index (χ3n) is 4.12. The van der Waals surface area contributed by atoms with Gasteiger partial charge in [-0.2, -0.15) is 0 Å². The Balaban J connectivity index is 1.78. The fraction of sp³-hybridized carbons (Fsp3) is 0. The Bertz CT molecular complexity index is 1330. The number of hydrogen-bond acceptors (Lipinski definition) is 8. The number of ether oxygens (including phenoxy) is 1. The van der Waals surface area contributed by atoms with Crippen molar-refractivity contribution in [2.24, 2.45) is 4.99 Å². The van der Waals surface area contributed by atoms with Crippen molar-refractivity contribution in [3.63, 3.8) is 0 Å². The van der Waals surface area contributed by atoms with E-state index in [0.717, 1.165) is 22.9 Å². The van der Waals surface area contributed by atoms with Crippen LogP contribution in [0.5, 0.6) is 0 Å². The molecule has 1 aliphatic heterocycles. The molecule has 1 aliphatic rings. The Hall–Kier alpha value is -3.34. The molecule has 0 atom stereocenters. The summed E-state index contributed by atoms with van der Waals surface area (Å²) in [6.45, 7) is 0. The van der Waals surface area contributed by atoms with E-state index in [4.69, 9.17) is 27.9 Å². The molecule has 0 amide bonds. The topological polar surface area (TPSA) is 125 Å². The Morgan fingerprint density at radius 2 is 1.83 bits per heavy atom. The molecule has 2 aromatic carbocycles. The number of non-ortho nitro benzene ring substituents is 1. The van der Waals surface area contributed by atoms with Gasteiger partial charge in [0.1, 0.15) is 4.88 Å². The highest BCUT2D eigenvalue weighted by Crippen LogP contribution is 2.39. The van der Waals surface area contributed by atoms with E-state index in [2.05, 4.69) is 4.99 Å². The highest BCUT2D eigenvalue weighted by Gasteiger charge is 2.29. The van der Waals surface area contributed by atoms with Gasteiger partial charge in [-0.1, -0.05) is 29.3 Å². The molecule has 0 saturated heterocycles. The summed E-state index contributed by atoms with van der Waals surface area (Å²) in [7, 11) is 0. The van der Waals surface area contributed by atoms with Crippen LogP contribution in [0.1, 0.15) is 10.4 Å². The van der Waals surface area contributed by atoms with Crippen molar-refractivity contribution in [3.8, 4) is 0 Å². The zero-order valence-corrected chi connectivity index (χ0v) is 16.8. The van der Waals surface area contributed by atoms with E-state index in [9.17, 15) is 25.0 Å². The molecule has 0 fully saturated rings. The smallest absolute Gasteiger partial charge is 0.363 e. The second-order valence-corrected chi connectivity index (χ2v) is 7.85. The van der Waals surface area contributed by atoms with Gasteiger partial charge in [0.25, 0.3) is 11.4 Å². The van der Waals surface area contributed by atoms with Crippen LogP contribution in [0.2, 0.25) is 10.0 Å². The number of cyclic esters (lactones) is 1. The van der Waals surface area contributed by atoms with Crippen LogP contribution in [0.3, 0.4) is 0 Å².